The largest absolute Gasteiger partial charge is 0.494 e. The molecule has 0 saturated heterocycles. The van der Waals surface area contributed by atoms with Crippen molar-refractivity contribution < 1.29 is 17.9 Å². The number of anilines is 7. The van der Waals surface area contributed by atoms with E-state index in [4.69, 9.17) is 16.3 Å². The van der Waals surface area contributed by atoms with Gasteiger partial charge in [-0.1, -0.05) is 30.3 Å². The molecule has 0 unspecified atom stereocenters. The van der Waals surface area contributed by atoms with Gasteiger partial charge in [-0.2, -0.15) is 4.98 Å². The molecule has 1 heterocycles. The van der Waals surface area contributed by atoms with Crippen molar-refractivity contribution in [2.45, 2.75) is 6.92 Å². The first-order valence-electron chi connectivity index (χ1n) is 12.5. The van der Waals surface area contributed by atoms with Gasteiger partial charge in [-0.25, -0.2) is 13.4 Å². The molecule has 0 aliphatic rings. The molecule has 220 valence electrons. The fourth-order valence-electron chi connectivity index (χ4n) is 3.76. The zero-order valence-corrected chi connectivity index (χ0v) is 25.4. The summed E-state index contributed by atoms with van der Waals surface area (Å²) >= 11 is 6.39. The molecule has 3 rings (SSSR count). The van der Waals surface area contributed by atoms with Crippen LogP contribution in [0, 0.1) is 6.92 Å². The van der Waals surface area contributed by atoms with Gasteiger partial charge in [-0.05, 0) is 44.8 Å². The highest BCUT2D eigenvalue weighted by atomic mass is 35.5. The highest BCUT2D eigenvalue weighted by Gasteiger charge is 2.18. The van der Waals surface area contributed by atoms with Crippen molar-refractivity contribution in [1.82, 2.24) is 14.9 Å². The Balaban J connectivity index is 1.99. The van der Waals surface area contributed by atoms with Crippen LogP contribution in [0.1, 0.15) is 5.56 Å². The summed E-state index contributed by atoms with van der Waals surface area (Å²) in [6.45, 7) is 6.82. The molecule has 12 nitrogen and oxygen atoms in total. The zero-order chi connectivity index (χ0) is 30.3. The number of likely N-dealkylation sites (N-methyl/N-ethyl adjacent to an activating group) is 2. The molecule has 0 spiro atoms. The Kier molecular flexibility index (Phi) is 10.4. The lowest BCUT2D eigenvalue weighted by Gasteiger charge is -2.26. The Hall–Kier alpha value is -4.07. The second-order valence-corrected chi connectivity index (χ2v) is 11.7. The van der Waals surface area contributed by atoms with E-state index in [-0.39, 0.29) is 22.7 Å². The lowest BCUT2D eigenvalue weighted by Crippen LogP contribution is -2.29. The number of aromatic nitrogens is 2. The first-order valence-corrected chi connectivity index (χ1v) is 14.7. The molecule has 1 amide bonds. The number of halogens is 1. The highest BCUT2D eigenvalue weighted by Crippen LogP contribution is 2.38. The second-order valence-electron chi connectivity index (χ2n) is 9.50. The fraction of sp³-hybridized carbons (Fsp3) is 0.296. The summed E-state index contributed by atoms with van der Waals surface area (Å²) in [7, 11) is 3.89. The van der Waals surface area contributed by atoms with Gasteiger partial charge < -0.3 is 30.5 Å². The number of carbonyl (C=O) groups is 1. The maximum Gasteiger partial charge on any atom is 0.247 e. The Labute approximate surface area is 245 Å². The van der Waals surface area contributed by atoms with E-state index in [0.717, 1.165) is 18.5 Å². The van der Waals surface area contributed by atoms with E-state index in [1.54, 1.807) is 31.2 Å². The molecule has 0 aliphatic carbocycles. The summed E-state index contributed by atoms with van der Waals surface area (Å²) in [6.07, 6.45) is 3.68. The van der Waals surface area contributed by atoms with Gasteiger partial charge in [0, 0.05) is 26.2 Å². The van der Waals surface area contributed by atoms with Crippen molar-refractivity contribution in [2.75, 3.05) is 73.2 Å². The molecule has 4 N–H and O–H groups in total. The summed E-state index contributed by atoms with van der Waals surface area (Å²) in [5, 5.41) is 9.28. The van der Waals surface area contributed by atoms with Gasteiger partial charge in [0.2, 0.25) is 21.9 Å². The van der Waals surface area contributed by atoms with Crippen LogP contribution in [0.3, 0.4) is 0 Å². The number of carbonyl (C=O) groups excluding carboxylic acids is 1. The number of sulfonamides is 1. The topological polar surface area (TPSA) is 141 Å². The standard InChI is InChI=1S/C27H35ClN8O4S/c1-8-24(37)30-20-14-21(23(40-6)15-22(20)36(5)13-12-35(3)4)32-27-29-16-18(28)26(33-27)31-19-11-9-10-17(2)25(19)34-41(7,38)39/h8-11,14-16,34H,1,12-13H2,2-7H3,(H,30,37)(H2,29,31,32,33). The number of hydrogen-bond donors (Lipinski definition) is 4. The van der Waals surface area contributed by atoms with Gasteiger partial charge in [0.1, 0.15) is 10.8 Å². The average Bonchev–Trinajstić information content (AvgIpc) is 2.90. The number of benzene rings is 2. The molecule has 14 heteroatoms. The number of aryl methyl sites for hydroxylation is 1. The molecular weight excluding hydrogens is 568 g/mol. The number of hydrogen-bond acceptors (Lipinski definition) is 10. The normalized spacial score (nSPS) is 11.1. The van der Waals surface area contributed by atoms with E-state index in [2.05, 4.69) is 42.1 Å². The van der Waals surface area contributed by atoms with Crippen molar-refractivity contribution in [1.29, 1.82) is 0 Å². The van der Waals surface area contributed by atoms with Crippen molar-refractivity contribution in [3.8, 4) is 5.75 Å². The van der Waals surface area contributed by atoms with Crippen molar-refractivity contribution in [3.63, 3.8) is 0 Å². The van der Waals surface area contributed by atoms with Gasteiger partial charge in [0.15, 0.2) is 5.82 Å². The molecule has 41 heavy (non-hydrogen) atoms. The van der Waals surface area contributed by atoms with Gasteiger partial charge in [-0.15, -0.1) is 0 Å². The Morgan fingerprint density at radius 1 is 1.12 bits per heavy atom. The molecule has 0 fully saturated rings. The van der Waals surface area contributed by atoms with Crippen LogP contribution in [0.5, 0.6) is 5.75 Å². The Morgan fingerprint density at radius 2 is 1.85 bits per heavy atom. The van der Waals surface area contributed by atoms with E-state index in [0.29, 0.717) is 40.6 Å². The lowest BCUT2D eigenvalue weighted by atomic mass is 10.2. The summed E-state index contributed by atoms with van der Waals surface area (Å²) in [4.78, 5) is 25.1. The number of nitrogens with one attached hydrogen (secondary N) is 4. The SMILES string of the molecule is C=CC(=O)Nc1cc(Nc2ncc(Cl)c(Nc3cccc(C)c3NS(C)(=O)=O)n2)c(OC)cc1N(C)CCN(C)C. The maximum absolute atomic E-state index is 12.2. The first-order chi connectivity index (χ1) is 19.3. The quantitative estimate of drug-likeness (QED) is 0.208. The van der Waals surface area contributed by atoms with Crippen LogP contribution in [0.25, 0.3) is 0 Å². The van der Waals surface area contributed by atoms with E-state index in [1.807, 2.05) is 32.1 Å². The van der Waals surface area contributed by atoms with Crippen molar-refractivity contribution >= 4 is 67.7 Å². The molecule has 2 aromatic carbocycles. The fourth-order valence-corrected chi connectivity index (χ4v) is 4.54. The molecule has 0 atom stereocenters. The van der Waals surface area contributed by atoms with E-state index >= 15 is 0 Å². The van der Waals surface area contributed by atoms with Crippen LogP contribution in [0.4, 0.5) is 40.2 Å². The zero-order valence-electron chi connectivity index (χ0n) is 23.9. The molecule has 0 bridgehead atoms. The summed E-state index contributed by atoms with van der Waals surface area (Å²) in [5.41, 5.74) is 3.30. The average molecular weight is 603 g/mol. The molecule has 0 saturated carbocycles. The summed E-state index contributed by atoms with van der Waals surface area (Å²) in [5.74, 6) is 0.537. The third kappa shape index (κ3) is 8.71. The Morgan fingerprint density at radius 3 is 2.49 bits per heavy atom. The maximum atomic E-state index is 12.2. The monoisotopic (exact) mass is 602 g/mol. The highest BCUT2D eigenvalue weighted by molar-refractivity contribution is 7.92. The number of amides is 1. The first kappa shape index (κ1) is 31.5. The molecule has 0 aliphatic heterocycles. The number of methoxy groups -OCH3 is 1. The van der Waals surface area contributed by atoms with E-state index < -0.39 is 10.0 Å². The van der Waals surface area contributed by atoms with Crippen molar-refractivity contribution in [3.05, 3.63) is 59.8 Å². The van der Waals surface area contributed by atoms with Crippen LogP contribution < -0.4 is 30.3 Å². The third-order valence-electron chi connectivity index (χ3n) is 5.86. The summed E-state index contributed by atoms with van der Waals surface area (Å²) in [6, 6.07) is 8.79. The molecular formula is C27H35ClN8O4S. The lowest BCUT2D eigenvalue weighted by molar-refractivity contribution is -0.111. The number of ether oxygens (including phenoxy) is 1. The third-order valence-corrected chi connectivity index (χ3v) is 6.71. The van der Waals surface area contributed by atoms with Gasteiger partial charge in [-0.3, -0.25) is 9.52 Å². The van der Waals surface area contributed by atoms with Crippen LogP contribution in [-0.4, -0.2) is 76.8 Å². The van der Waals surface area contributed by atoms with Crippen LogP contribution >= 0.6 is 11.6 Å². The smallest absolute Gasteiger partial charge is 0.247 e. The molecule has 0 radical (unpaired) electrons. The number of para-hydroxylation sites is 1. The van der Waals surface area contributed by atoms with Crippen LogP contribution in [-0.2, 0) is 14.8 Å². The van der Waals surface area contributed by atoms with Crippen LogP contribution in [0.15, 0.2) is 49.2 Å². The second kappa shape index (κ2) is 13.5. The Bertz CT molecular complexity index is 1530. The van der Waals surface area contributed by atoms with Crippen molar-refractivity contribution in [2.24, 2.45) is 0 Å². The van der Waals surface area contributed by atoms with Gasteiger partial charge in [0.05, 0.1) is 48.0 Å². The molecule has 3 aromatic rings. The number of rotatable bonds is 13. The minimum absolute atomic E-state index is 0.176. The predicted molar refractivity (Wildman–Crippen MR) is 167 cm³/mol. The minimum atomic E-state index is -3.54. The van der Waals surface area contributed by atoms with Crippen LogP contribution in [0.2, 0.25) is 5.02 Å². The minimum Gasteiger partial charge on any atom is -0.494 e. The predicted octanol–water partition coefficient (Wildman–Crippen LogP) is 4.43. The summed E-state index contributed by atoms with van der Waals surface area (Å²) < 4.78 is 32.1. The van der Waals surface area contributed by atoms with Gasteiger partial charge in [0.25, 0.3) is 0 Å². The number of nitrogens with zero attached hydrogens (tertiary/aromatic N) is 4. The van der Waals surface area contributed by atoms with E-state index in [9.17, 15) is 13.2 Å². The van der Waals surface area contributed by atoms with E-state index in [1.165, 1.54) is 19.4 Å². The molecule has 1 aromatic heterocycles. The van der Waals surface area contributed by atoms with Gasteiger partial charge >= 0.3 is 0 Å².